The van der Waals surface area contributed by atoms with Crippen LogP contribution in [0.1, 0.15) is 11.3 Å². The van der Waals surface area contributed by atoms with E-state index in [2.05, 4.69) is 14.9 Å². The minimum absolute atomic E-state index is 0.571. The Bertz CT molecular complexity index is 883. The first kappa shape index (κ1) is 15.4. The lowest BCUT2D eigenvalue weighted by Gasteiger charge is -2.30. The Morgan fingerprint density at radius 3 is 2.71 bits per heavy atom. The second-order valence-electron chi connectivity index (χ2n) is 5.65. The first-order valence-electron chi connectivity index (χ1n) is 7.67. The molecule has 3 aromatic rings. The third-order valence-electron chi connectivity index (χ3n) is 4.10. The number of anilines is 1. The van der Waals surface area contributed by atoms with Crippen molar-refractivity contribution >= 4 is 28.9 Å². The highest BCUT2D eigenvalue weighted by molar-refractivity contribution is 6.42. The maximum Gasteiger partial charge on any atom is 0.178 e. The average molecular weight is 357 g/mol. The molecule has 0 N–H and O–H groups in total. The van der Waals surface area contributed by atoms with Gasteiger partial charge in [-0.05, 0) is 30.3 Å². The number of fused-ring (bicyclic) bond motifs is 1. The van der Waals surface area contributed by atoms with Gasteiger partial charge in [0.2, 0.25) is 0 Å². The molecule has 1 aromatic carbocycles. The summed E-state index contributed by atoms with van der Waals surface area (Å²) in [7, 11) is 0. The van der Waals surface area contributed by atoms with Gasteiger partial charge in [0.25, 0.3) is 0 Å². The van der Waals surface area contributed by atoms with Crippen molar-refractivity contribution in [2.45, 2.75) is 13.0 Å². The van der Waals surface area contributed by atoms with Gasteiger partial charge in [0.15, 0.2) is 5.82 Å². The van der Waals surface area contributed by atoms with Gasteiger partial charge in [-0.2, -0.15) is 0 Å². The smallest absolute Gasteiger partial charge is 0.178 e. The van der Waals surface area contributed by atoms with Crippen LogP contribution in [-0.4, -0.2) is 21.5 Å². The van der Waals surface area contributed by atoms with E-state index in [1.54, 1.807) is 6.20 Å². The molecule has 6 heteroatoms. The van der Waals surface area contributed by atoms with Gasteiger partial charge in [0.1, 0.15) is 5.69 Å². The minimum Gasteiger partial charge on any atom is -0.367 e. The maximum atomic E-state index is 6.13. The fraction of sp³-hybridized carbons (Fsp3) is 0.167. The van der Waals surface area contributed by atoms with E-state index in [9.17, 15) is 0 Å². The lowest BCUT2D eigenvalue weighted by atomic mass is 10.1. The third kappa shape index (κ3) is 2.95. The van der Waals surface area contributed by atoms with E-state index in [0.717, 1.165) is 42.1 Å². The molecule has 4 rings (SSSR count). The van der Waals surface area contributed by atoms with E-state index in [4.69, 9.17) is 28.2 Å². The molecule has 2 aromatic heterocycles. The van der Waals surface area contributed by atoms with Gasteiger partial charge < -0.3 is 4.90 Å². The van der Waals surface area contributed by atoms with Crippen molar-refractivity contribution in [1.82, 2.24) is 15.0 Å². The highest BCUT2D eigenvalue weighted by Gasteiger charge is 2.19. The van der Waals surface area contributed by atoms with Crippen molar-refractivity contribution in [3.63, 3.8) is 0 Å². The van der Waals surface area contributed by atoms with E-state index in [1.807, 2.05) is 42.6 Å². The van der Waals surface area contributed by atoms with Gasteiger partial charge in [-0.1, -0.05) is 29.3 Å². The predicted molar refractivity (Wildman–Crippen MR) is 96.5 cm³/mol. The molecule has 0 radical (unpaired) electrons. The van der Waals surface area contributed by atoms with Crippen molar-refractivity contribution in [2.75, 3.05) is 11.4 Å². The first-order valence-corrected chi connectivity index (χ1v) is 8.42. The van der Waals surface area contributed by atoms with Crippen LogP contribution in [0.25, 0.3) is 11.5 Å². The zero-order chi connectivity index (χ0) is 16.5. The summed E-state index contributed by atoms with van der Waals surface area (Å²) < 4.78 is 0. The molecule has 120 valence electrons. The summed E-state index contributed by atoms with van der Waals surface area (Å²) in [5.74, 6) is 0.678. The van der Waals surface area contributed by atoms with Crippen LogP contribution in [-0.2, 0) is 13.0 Å². The second kappa shape index (κ2) is 6.38. The zero-order valence-corrected chi connectivity index (χ0v) is 14.3. The Balaban J connectivity index is 1.61. The quantitative estimate of drug-likeness (QED) is 0.681. The molecule has 0 atom stereocenters. The van der Waals surface area contributed by atoms with Gasteiger partial charge in [-0.25, -0.2) is 9.97 Å². The van der Waals surface area contributed by atoms with Gasteiger partial charge >= 0.3 is 0 Å². The summed E-state index contributed by atoms with van der Waals surface area (Å²) in [6.45, 7) is 1.64. The number of benzene rings is 1. The van der Waals surface area contributed by atoms with Crippen molar-refractivity contribution in [3.05, 3.63) is 70.1 Å². The highest BCUT2D eigenvalue weighted by atomic mass is 35.5. The molecule has 0 fully saturated rings. The summed E-state index contributed by atoms with van der Waals surface area (Å²) in [4.78, 5) is 15.7. The number of nitrogens with zero attached hydrogens (tertiary/aromatic N) is 4. The molecule has 3 heterocycles. The number of hydrogen-bond acceptors (Lipinski definition) is 4. The summed E-state index contributed by atoms with van der Waals surface area (Å²) in [5.41, 5.74) is 4.07. The van der Waals surface area contributed by atoms with Gasteiger partial charge in [0, 0.05) is 43.2 Å². The molecule has 0 aliphatic carbocycles. The predicted octanol–water partition coefficient (Wildman–Crippen LogP) is 4.41. The van der Waals surface area contributed by atoms with Crippen LogP contribution >= 0.6 is 23.2 Å². The molecule has 0 amide bonds. The zero-order valence-electron chi connectivity index (χ0n) is 12.8. The van der Waals surface area contributed by atoms with Crippen LogP contribution in [0.5, 0.6) is 0 Å². The Morgan fingerprint density at radius 1 is 1.00 bits per heavy atom. The molecular weight excluding hydrogens is 343 g/mol. The largest absolute Gasteiger partial charge is 0.367 e. The van der Waals surface area contributed by atoms with E-state index >= 15 is 0 Å². The van der Waals surface area contributed by atoms with E-state index in [-0.39, 0.29) is 0 Å². The molecule has 24 heavy (non-hydrogen) atoms. The van der Waals surface area contributed by atoms with Crippen LogP contribution < -0.4 is 4.90 Å². The van der Waals surface area contributed by atoms with Crippen LogP contribution in [0, 0.1) is 0 Å². The Hall–Kier alpha value is -2.17. The number of rotatable bonds is 2. The molecule has 4 nitrogen and oxygen atoms in total. The van der Waals surface area contributed by atoms with Crippen LogP contribution in [0.4, 0.5) is 5.69 Å². The molecule has 0 saturated heterocycles. The monoisotopic (exact) mass is 356 g/mol. The molecule has 0 bridgehead atoms. The maximum absolute atomic E-state index is 6.13. The number of halogens is 2. The Morgan fingerprint density at radius 2 is 1.92 bits per heavy atom. The normalized spacial score (nSPS) is 13.7. The number of aromatic nitrogens is 3. The van der Waals surface area contributed by atoms with Crippen molar-refractivity contribution < 1.29 is 0 Å². The van der Waals surface area contributed by atoms with E-state index in [1.165, 1.54) is 0 Å². The van der Waals surface area contributed by atoms with Crippen molar-refractivity contribution in [2.24, 2.45) is 0 Å². The molecule has 0 spiro atoms. The van der Waals surface area contributed by atoms with Crippen LogP contribution in [0.3, 0.4) is 0 Å². The van der Waals surface area contributed by atoms with Gasteiger partial charge in [-0.3, -0.25) is 4.98 Å². The Kier molecular flexibility index (Phi) is 4.08. The average Bonchev–Trinajstić information content (AvgIpc) is 2.64. The topological polar surface area (TPSA) is 41.9 Å². The third-order valence-corrected chi connectivity index (χ3v) is 4.84. The summed E-state index contributed by atoms with van der Waals surface area (Å²) >= 11 is 12.1. The van der Waals surface area contributed by atoms with Gasteiger partial charge in [0.05, 0.1) is 15.7 Å². The summed E-state index contributed by atoms with van der Waals surface area (Å²) in [6.07, 6.45) is 4.51. The first-order chi connectivity index (χ1) is 11.7. The lowest BCUT2D eigenvalue weighted by Crippen LogP contribution is -2.31. The van der Waals surface area contributed by atoms with Crippen molar-refractivity contribution in [3.8, 4) is 11.5 Å². The fourth-order valence-electron chi connectivity index (χ4n) is 2.84. The molecular formula is C18H14Cl2N4. The van der Waals surface area contributed by atoms with E-state index < -0.39 is 0 Å². The van der Waals surface area contributed by atoms with Crippen LogP contribution in [0.15, 0.2) is 48.8 Å². The number of hydrogen-bond donors (Lipinski definition) is 0. The standard InChI is InChI=1S/C18H14Cl2N4/c19-14-5-4-13(9-15(14)20)24-8-6-16-12(11-24)10-22-18(23-16)17-3-1-2-7-21-17/h1-5,7,9-10H,6,8,11H2. The highest BCUT2D eigenvalue weighted by Crippen LogP contribution is 2.30. The van der Waals surface area contributed by atoms with Crippen LogP contribution in [0.2, 0.25) is 10.0 Å². The Labute approximate surface area is 150 Å². The fourth-order valence-corrected chi connectivity index (χ4v) is 3.13. The molecule has 1 aliphatic rings. The molecule has 0 unspecified atom stereocenters. The molecule has 0 saturated carbocycles. The second-order valence-corrected chi connectivity index (χ2v) is 6.46. The minimum atomic E-state index is 0.571. The SMILES string of the molecule is Clc1ccc(N2CCc3nc(-c4ccccn4)ncc3C2)cc1Cl. The number of pyridine rings is 1. The van der Waals surface area contributed by atoms with E-state index in [0.29, 0.717) is 15.9 Å². The van der Waals surface area contributed by atoms with Gasteiger partial charge in [-0.15, -0.1) is 0 Å². The lowest BCUT2D eigenvalue weighted by molar-refractivity contribution is 0.706. The summed E-state index contributed by atoms with van der Waals surface area (Å²) in [6, 6.07) is 11.5. The molecule has 1 aliphatic heterocycles. The van der Waals surface area contributed by atoms with Crippen molar-refractivity contribution in [1.29, 1.82) is 0 Å². The summed E-state index contributed by atoms with van der Waals surface area (Å²) in [5, 5.41) is 1.14.